The molecule has 2 rings (SSSR count). The minimum absolute atomic E-state index is 0.161. The highest BCUT2D eigenvalue weighted by atomic mass is 79.9. The Labute approximate surface area is 131 Å². The smallest absolute Gasteiger partial charge is 0.255 e. The summed E-state index contributed by atoms with van der Waals surface area (Å²) in [6, 6.07) is 7.12. The molecule has 0 spiro atoms. The molecule has 0 atom stereocenters. The second-order valence-corrected chi connectivity index (χ2v) is 5.83. The number of nitrogens with one attached hydrogen (secondary N) is 1. The van der Waals surface area contributed by atoms with Crippen molar-refractivity contribution < 1.29 is 13.6 Å². The average Bonchev–Trinajstić information content (AvgIpc) is 2.42. The number of carbonyl (C=O) groups excluding carboxylic acids is 1. The van der Waals surface area contributed by atoms with Crippen molar-refractivity contribution in [2.24, 2.45) is 0 Å². The van der Waals surface area contributed by atoms with E-state index in [9.17, 15) is 13.6 Å². The minimum Gasteiger partial charge on any atom is -0.322 e. The third-order valence-corrected chi connectivity index (χ3v) is 4.02. The van der Waals surface area contributed by atoms with Gasteiger partial charge in [-0.15, -0.1) is 0 Å². The van der Waals surface area contributed by atoms with Gasteiger partial charge in [-0.2, -0.15) is 0 Å². The standard InChI is InChI=1S/C14H9Br2F2NO/c1-7-12(5-4-10(16)13(7)18)19-14(20)8-2-3-9(15)11(17)6-8/h2-6H,1H3,(H,19,20). The van der Waals surface area contributed by atoms with Gasteiger partial charge in [0.25, 0.3) is 5.91 Å². The normalized spacial score (nSPS) is 10.4. The topological polar surface area (TPSA) is 29.1 Å². The summed E-state index contributed by atoms with van der Waals surface area (Å²) in [6.07, 6.45) is 0. The molecule has 1 amide bonds. The van der Waals surface area contributed by atoms with Crippen LogP contribution < -0.4 is 5.32 Å². The van der Waals surface area contributed by atoms with Gasteiger partial charge in [0, 0.05) is 16.8 Å². The Balaban J connectivity index is 2.28. The number of rotatable bonds is 2. The first-order valence-corrected chi connectivity index (χ1v) is 7.19. The summed E-state index contributed by atoms with van der Waals surface area (Å²) >= 11 is 6.08. The first kappa shape index (κ1) is 15.1. The van der Waals surface area contributed by atoms with Gasteiger partial charge >= 0.3 is 0 Å². The van der Waals surface area contributed by atoms with E-state index in [-0.39, 0.29) is 10.0 Å². The van der Waals surface area contributed by atoms with E-state index in [4.69, 9.17) is 0 Å². The van der Waals surface area contributed by atoms with Crippen molar-refractivity contribution in [3.8, 4) is 0 Å². The van der Waals surface area contributed by atoms with Crippen molar-refractivity contribution in [1.82, 2.24) is 0 Å². The molecule has 0 aromatic heterocycles. The number of halogens is 4. The van der Waals surface area contributed by atoms with E-state index >= 15 is 0 Å². The van der Waals surface area contributed by atoms with Gasteiger partial charge < -0.3 is 5.32 Å². The van der Waals surface area contributed by atoms with Crippen LogP contribution in [-0.2, 0) is 0 Å². The minimum atomic E-state index is -0.531. The Morgan fingerprint density at radius 1 is 1.10 bits per heavy atom. The van der Waals surface area contributed by atoms with E-state index in [1.165, 1.54) is 18.2 Å². The van der Waals surface area contributed by atoms with Gasteiger partial charge in [-0.3, -0.25) is 4.79 Å². The number of benzene rings is 2. The van der Waals surface area contributed by atoms with E-state index in [0.717, 1.165) is 6.07 Å². The summed E-state index contributed by atoms with van der Waals surface area (Å²) in [6.45, 7) is 1.55. The van der Waals surface area contributed by atoms with Gasteiger partial charge in [0.1, 0.15) is 11.6 Å². The molecule has 0 saturated carbocycles. The summed E-state index contributed by atoms with van der Waals surface area (Å²) in [4.78, 5) is 12.0. The van der Waals surface area contributed by atoms with Crippen LogP contribution in [0, 0.1) is 18.6 Å². The van der Waals surface area contributed by atoms with Crippen LogP contribution in [0.3, 0.4) is 0 Å². The Morgan fingerprint density at radius 2 is 1.75 bits per heavy atom. The van der Waals surface area contributed by atoms with Crippen LogP contribution in [-0.4, -0.2) is 5.91 Å². The van der Waals surface area contributed by atoms with E-state index in [2.05, 4.69) is 37.2 Å². The Hall–Kier alpha value is -1.27. The lowest BCUT2D eigenvalue weighted by molar-refractivity contribution is 0.102. The van der Waals surface area contributed by atoms with E-state index < -0.39 is 17.5 Å². The molecule has 0 bridgehead atoms. The highest BCUT2D eigenvalue weighted by molar-refractivity contribution is 9.10. The molecular weight excluding hydrogens is 396 g/mol. The molecule has 0 aliphatic heterocycles. The SMILES string of the molecule is Cc1c(NC(=O)c2ccc(Br)c(F)c2)ccc(Br)c1F. The third kappa shape index (κ3) is 3.07. The van der Waals surface area contributed by atoms with Crippen LogP contribution in [0.1, 0.15) is 15.9 Å². The number of amides is 1. The first-order valence-electron chi connectivity index (χ1n) is 5.61. The van der Waals surface area contributed by atoms with Crippen molar-refractivity contribution in [3.63, 3.8) is 0 Å². The molecule has 0 saturated heterocycles. The highest BCUT2D eigenvalue weighted by Gasteiger charge is 2.13. The van der Waals surface area contributed by atoms with Gasteiger partial charge in [-0.05, 0) is 69.1 Å². The van der Waals surface area contributed by atoms with Crippen LogP contribution in [0.5, 0.6) is 0 Å². The first-order chi connectivity index (χ1) is 9.40. The van der Waals surface area contributed by atoms with Crippen molar-refractivity contribution >= 4 is 43.5 Å². The summed E-state index contributed by atoms with van der Waals surface area (Å²) in [5, 5.41) is 2.56. The van der Waals surface area contributed by atoms with Gasteiger partial charge in [0.15, 0.2) is 0 Å². The van der Waals surface area contributed by atoms with E-state index in [1.54, 1.807) is 13.0 Å². The van der Waals surface area contributed by atoms with E-state index in [1.807, 2.05) is 0 Å². The lowest BCUT2D eigenvalue weighted by Crippen LogP contribution is -2.13. The van der Waals surface area contributed by atoms with Crippen LogP contribution in [0.15, 0.2) is 39.3 Å². The molecular formula is C14H9Br2F2NO. The van der Waals surface area contributed by atoms with Crippen LogP contribution in [0.4, 0.5) is 14.5 Å². The summed E-state index contributed by atoms with van der Waals surface area (Å²) in [5.74, 6) is -1.47. The second-order valence-electron chi connectivity index (χ2n) is 4.12. The zero-order chi connectivity index (χ0) is 14.9. The summed E-state index contributed by atoms with van der Waals surface area (Å²) in [7, 11) is 0. The predicted octanol–water partition coefficient (Wildman–Crippen LogP) is 5.05. The summed E-state index contributed by atoms with van der Waals surface area (Å²) in [5.41, 5.74) is 0.817. The summed E-state index contributed by atoms with van der Waals surface area (Å²) < 4.78 is 27.7. The molecule has 0 unspecified atom stereocenters. The fraction of sp³-hybridized carbons (Fsp3) is 0.0714. The maximum Gasteiger partial charge on any atom is 0.255 e. The molecule has 20 heavy (non-hydrogen) atoms. The second kappa shape index (κ2) is 6.01. The van der Waals surface area contributed by atoms with E-state index in [0.29, 0.717) is 15.7 Å². The lowest BCUT2D eigenvalue weighted by Gasteiger charge is -2.10. The highest BCUT2D eigenvalue weighted by Crippen LogP contribution is 2.25. The number of anilines is 1. The molecule has 0 fully saturated rings. The number of carbonyl (C=O) groups is 1. The van der Waals surface area contributed by atoms with Crippen LogP contribution >= 0.6 is 31.9 Å². The lowest BCUT2D eigenvalue weighted by atomic mass is 10.1. The van der Waals surface area contributed by atoms with Crippen LogP contribution in [0.2, 0.25) is 0 Å². The zero-order valence-electron chi connectivity index (χ0n) is 10.3. The quantitative estimate of drug-likeness (QED) is 0.745. The molecule has 1 N–H and O–H groups in total. The fourth-order valence-corrected chi connectivity index (χ4v) is 2.30. The zero-order valence-corrected chi connectivity index (χ0v) is 13.5. The molecule has 2 nitrogen and oxygen atoms in total. The maximum atomic E-state index is 13.7. The Morgan fingerprint density at radius 3 is 2.40 bits per heavy atom. The molecule has 104 valence electrons. The van der Waals surface area contributed by atoms with Crippen molar-refractivity contribution in [2.45, 2.75) is 6.92 Å². The van der Waals surface area contributed by atoms with Crippen molar-refractivity contribution in [1.29, 1.82) is 0 Å². The van der Waals surface area contributed by atoms with Crippen molar-refractivity contribution in [2.75, 3.05) is 5.32 Å². The Bertz CT molecular complexity index is 689. The third-order valence-electron chi connectivity index (χ3n) is 2.77. The Kier molecular flexibility index (Phi) is 4.55. The number of hydrogen-bond donors (Lipinski definition) is 1. The predicted molar refractivity (Wildman–Crippen MR) is 80.9 cm³/mol. The molecule has 2 aromatic carbocycles. The molecule has 0 heterocycles. The van der Waals surface area contributed by atoms with Gasteiger partial charge in [-0.25, -0.2) is 8.78 Å². The molecule has 0 radical (unpaired) electrons. The van der Waals surface area contributed by atoms with Crippen molar-refractivity contribution in [3.05, 3.63) is 62.0 Å². The number of hydrogen-bond acceptors (Lipinski definition) is 1. The maximum absolute atomic E-state index is 13.7. The fourth-order valence-electron chi connectivity index (χ4n) is 1.62. The largest absolute Gasteiger partial charge is 0.322 e. The van der Waals surface area contributed by atoms with Gasteiger partial charge in [0.2, 0.25) is 0 Å². The molecule has 2 aromatic rings. The van der Waals surface area contributed by atoms with Crippen LogP contribution in [0.25, 0.3) is 0 Å². The van der Waals surface area contributed by atoms with Gasteiger partial charge in [-0.1, -0.05) is 0 Å². The molecule has 6 heteroatoms. The molecule has 0 aliphatic rings. The average molecular weight is 405 g/mol. The molecule has 0 aliphatic carbocycles. The monoisotopic (exact) mass is 403 g/mol. The van der Waals surface area contributed by atoms with Gasteiger partial charge in [0.05, 0.1) is 8.95 Å².